The summed E-state index contributed by atoms with van der Waals surface area (Å²) in [7, 11) is 0. The first-order valence-corrected chi connectivity index (χ1v) is 8.83. The molecule has 1 amide bonds. The topological polar surface area (TPSA) is 46.9 Å². The van der Waals surface area contributed by atoms with Gasteiger partial charge in [-0.1, -0.05) is 31.0 Å². The molecule has 1 heterocycles. The molecule has 0 aliphatic heterocycles. The van der Waals surface area contributed by atoms with E-state index in [1.54, 1.807) is 18.0 Å². The highest BCUT2D eigenvalue weighted by Crippen LogP contribution is 2.31. The average molecular weight is 315 g/mol. The van der Waals surface area contributed by atoms with E-state index >= 15 is 0 Å². The average Bonchev–Trinajstić information content (AvgIpc) is 3.19. The quantitative estimate of drug-likeness (QED) is 0.816. The van der Waals surface area contributed by atoms with Crippen molar-refractivity contribution in [3.8, 4) is 0 Å². The Labute approximate surface area is 135 Å². The molecule has 0 unspecified atom stereocenters. The summed E-state index contributed by atoms with van der Waals surface area (Å²) >= 11 is 1.71. The van der Waals surface area contributed by atoms with Gasteiger partial charge in [0.15, 0.2) is 0 Å². The predicted octanol–water partition coefficient (Wildman–Crippen LogP) is 4.12. The molecular formula is C17H21N3OS. The van der Waals surface area contributed by atoms with Crippen LogP contribution in [0.15, 0.2) is 47.5 Å². The second-order valence-electron chi connectivity index (χ2n) is 5.56. The number of nitrogens with zero attached hydrogens (tertiary/aromatic N) is 2. The molecule has 0 atom stereocenters. The number of carbonyl (C=O) groups excluding carboxylic acids is 1. The van der Waals surface area contributed by atoms with Gasteiger partial charge in [-0.25, -0.2) is 4.68 Å². The third-order valence-electron chi connectivity index (χ3n) is 3.95. The molecule has 0 spiro atoms. The molecule has 1 N–H and O–H groups in total. The summed E-state index contributed by atoms with van der Waals surface area (Å²) in [5, 5.41) is 7.38. The molecule has 3 rings (SSSR count). The zero-order valence-electron chi connectivity index (χ0n) is 12.6. The molecule has 0 saturated heterocycles. The molecule has 5 heteroatoms. The van der Waals surface area contributed by atoms with Crippen molar-refractivity contribution in [2.45, 2.75) is 43.0 Å². The van der Waals surface area contributed by atoms with Gasteiger partial charge in [-0.3, -0.25) is 4.79 Å². The van der Waals surface area contributed by atoms with Crippen molar-refractivity contribution in [3.05, 3.63) is 42.6 Å². The van der Waals surface area contributed by atoms with Gasteiger partial charge in [0, 0.05) is 23.1 Å². The van der Waals surface area contributed by atoms with Gasteiger partial charge in [0.1, 0.15) is 5.82 Å². The predicted molar refractivity (Wildman–Crippen MR) is 90.1 cm³/mol. The van der Waals surface area contributed by atoms with Crippen LogP contribution in [0.5, 0.6) is 0 Å². The van der Waals surface area contributed by atoms with Gasteiger partial charge in [-0.15, -0.1) is 11.8 Å². The van der Waals surface area contributed by atoms with E-state index in [2.05, 4.69) is 22.5 Å². The Hall–Kier alpha value is -1.75. The second-order valence-corrected chi connectivity index (χ2v) is 6.73. The van der Waals surface area contributed by atoms with E-state index in [0.29, 0.717) is 12.5 Å². The Balaban J connectivity index is 1.49. The van der Waals surface area contributed by atoms with E-state index in [1.807, 2.05) is 28.9 Å². The monoisotopic (exact) mass is 315 g/mol. The summed E-state index contributed by atoms with van der Waals surface area (Å²) in [6.07, 6.45) is 7.11. The van der Waals surface area contributed by atoms with Crippen LogP contribution in [0.4, 0.5) is 5.82 Å². The molecule has 1 aromatic heterocycles. The smallest absolute Gasteiger partial charge is 0.226 e. The molecule has 0 bridgehead atoms. The van der Waals surface area contributed by atoms with Crippen molar-refractivity contribution in [2.75, 3.05) is 11.1 Å². The van der Waals surface area contributed by atoms with E-state index in [0.717, 1.165) is 24.4 Å². The minimum Gasteiger partial charge on any atom is -0.311 e. The Bertz CT molecular complexity index is 605. The second kappa shape index (κ2) is 7.49. The normalized spacial score (nSPS) is 15.1. The van der Waals surface area contributed by atoms with Crippen LogP contribution >= 0.6 is 11.8 Å². The van der Waals surface area contributed by atoms with Crippen LogP contribution in [0, 0.1) is 0 Å². The summed E-state index contributed by atoms with van der Waals surface area (Å²) in [6, 6.07) is 12.5. The molecule has 116 valence electrons. The van der Waals surface area contributed by atoms with E-state index in [4.69, 9.17) is 0 Å². The zero-order chi connectivity index (χ0) is 15.2. The maximum absolute atomic E-state index is 12.1. The Kier molecular flexibility index (Phi) is 5.16. The number of thioether (sulfide) groups is 1. The fraction of sp³-hybridized carbons (Fsp3) is 0.412. The van der Waals surface area contributed by atoms with Crippen molar-refractivity contribution in [3.63, 3.8) is 0 Å². The molecule has 0 radical (unpaired) electrons. The highest BCUT2D eigenvalue weighted by atomic mass is 32.2. The summed E-state index contributed by atoms with van der Waals surface area (Å²) < 4.78 is 1.98. The van der Waals surface area contributed by atoms with Gasteiger partial charge in [0.05, 0.1) is 12.2 Å². The number of nitrogens with one attached hydrogen (secondary N) is 1. The van der Waals surface area contributed by atoms with Crippen LogP contribution in [0.2, 0.25) is 0 Å². The van der Waals surface area contributed by atoms with E-state index < -0.39 is 0 Å². The molecular weight excluding hydrogens is 294 g/mol. The van der Waals surface area contributed by atoms with E-state index in [-0.39, 0.29) is 5.91 Å². The largest absolute Gasteiger partial charge is 0.311 e. The van der Waals surface area contributed by atoms with Gasteiger partial charge in [-0.2, -0.15) is 5.10 Å². The van der Waals surface area contributed by atoms with Crippen LogP contribution < -0.4 is 5.32 Å². The first-order valence-electron chi connectivity index (χ1n) is 7.84. The van der Waals surface area contributed by atoms with Gasteiger partial charge in [-0.05, 0) is 25.0 Å². The van der Waals surface area contributed by atoms with Crippen molar-refractivity contribution < 1.29 is 4.79 Å². The van der Waals surface area contributed by atoms with E-state index in [9.17, 15) is 4.79 Å². The highest BCUT2D eigenvalue weighted by Gasteiger charge is 2.20. The van der Waals surface area contributed by atoms with Gasteiger partial charge in [0.25, 0.3) is 0 Å². The highest BCUT2D eigenvalue weighted by molar-refractivity contribution is 7.99. The van der Waals surface area contributed by atoms with Gasteiger partial charge >= 0.3 is 0 Å². The number of hydrogen-bond acceptors (Lipinski definition) is 3. The molecule has 22 heavy (non-hydrogen) atoms. The lowest BCUT2D eigenvalue weighted by molar-refractivity contribution is -0.115. The third kappa shape index (κ3) is 3.91. The number of hydrogen-bond donors (Lipinski definition) is 1. The fourth-order valence-corrected chi connectivity index (χ4v) is 3.71. The number of rotatable bonds is 6. The minimum absolute atomic E-state index is 0.0585. The van der Waals surface area contributed by atoms with Crippen LogP contribution in [0.3, 0.4) is 0 Å². The third-order valence-corrected chi connectivity index (χ3v) is 4.96. The van der Waals surface area contributed by atoms with Gasteiger partial charge in [0.2, 0.25) is 5.91 Å². The van der Waals surface area contributed by atoms with Crippen LogP contribution in [0.25, 0.3) is 0 Å². The molecule has 1 aliphatic rings. The van der Waals surface area contributed by atoms with Gasteiger partial charge < -0.3 is 5.32 Å². The molecule has 4 nitrogen and oxygen atoms in total. The standard InChI is InChI=1S/C17H21N3OS/c21-17(11-13-22-15-8-2-1-3-9-15)19-16-10-12-18-20(16)14-6-4-5-7-14/h1-3,8-10,12,14H,4-7,11,13H2,(H,19,21). The zero-order valence-corrected chi connectivity index (χ0v) is 13.4. The Morgan fingerprint density at radius 1 is 1.23 bits per heavy atom. The lowest BCUT2D eigenvalue weighted by Crippen LogP contribution is -2.17. The Morgan fingerprint density at radius 2 is 2.00 bits per heavy atom. The molecule has 1 aromatic carbocycles. The lowest BCUT2D eigenvalue weighted by atomic mass is 10.2. The first-order chi connectivity index (χ1) is 10.8. The molecule has 1 aliphatic carbocycles. The van der Waals surface area contributed by atoms with E-state index in [1.165, 1.54) is 17.7 Å². The Morgan fingerprint density at radius 3 is 2.77 bits per heavy atom. The number of carbonyl (C=O) groups is 1. The van der Waals surface area contributed by atoms with Crippen LogP contribution in [-0.4, -0.2) is 21.4 Å². The number of amides is 1. The number of anilines is 1. The lowest BCUT2D eigenvalue weighted by Gasteiger charge is -2.14. The molecule has 1 saturated carbocycles. The molecule has 2 aromatic rings. The maximum Gasteiger partial charge on any atom is 0.226 e. The van der Waals surface area contributed by atoms with Crippen molar-refractivity contribution in [1.29, 1.82) is 0 Å². The van der Waals surface area contributed by atoms with Crippen LogP contribution in [-0.2, 0) is 4.79 Å². The fourth-order valence-electron chi connectivity index (χ4n) is 2.84. The summed E-state index contributed by atoms with van der Waals surface area (Å²) in [5.41, 5.74) is 0. The SMILES string of the molecule is O=C(CCSc1ccccc1)Nc1ccnn1C1CCCC1. The van der Waals surface area contributed by atoms with Crippen molar-refractivity contribution in [2.24, 2.45) is 0 Å². The summed E-state index contributed by atoms with van der Waals surface area (Å²) in [6.45, 7) is 0. The number of aromatic nitrogens is 2. The minimum atomic E-state index is 0.0585. The van der Waals surface area contributed by atoms with Crippen LogP contribution in [0.1, 0.15) is 38.1 Å². The van der Waals surface area contributed by atoms with Crippen molar-refractivity contribution >= 4 is 23.5 Å². The summed E-state index contributed by atoms with van der Waals surface area (Å²) in [4.78, 5) is 13.3. The maximum atomic E-state index is 12.1. The summed E-state index contributed by atoms with van der Waals surface area (Å²) in [5.74, 6) is 1.68. The molecule has 1 fully saturated rings. The number of benzene rings is 1. The first kappa shape index (κ1) is 15.2. The van der Waals surface area contributed by atoms with Crippen molar-refractivity contribution in [1.82, 2.24) is 9.78 Å².